The first kappa shape index (κ1) is 14.5. The fraction of sp³-hybridized carbons (Fsp3) is 0.571. The first-order valence-corrected chi connectivity index (χ1v) is 6.66. The Kier molecular flexibility index (Phi) is 6.53. The molecule has 0 radical (unpaired) electrons. The average molecular weight is 258 g/mol. The lowest BCUT2D eigenvalue weighted by atomic mass is 10.0. The fourth-order valence-corrected chi connectivity index (χ4v) is 2.15. The summed E-state index contributed by atoms with van der Waals surface area (Å²) >= 11 is 5.88. The van der Waals surface area contributed by atoms with Gasteiger partial charge in [0.2, 0.25) is 0 Å². The summed E-state index contributed by atoms with van der Waals surface area (Å²) < 4.78 is 13.6. The van der Waals surface area contributed by atoms with Gasteiger partial charge in [0.15, 0.2) is 0 Å². The molecule has 0 saturated carbocycles. The van der Waals surface area contributed by atoms with E-state index in [0.29, 0.717) is 23.0 Å². The van der Waals surface area contributed by atoms with E-state index < -0.39 is 0 Å². The molecule has 96 valence electrons. The molecule has 0 fully saturated rings. The van der Waals surface area contributed by atoms with Gasteiger partial charge < -0.3 is 5.32 Å². The molecule has 1 atom stereocenters. The number of benzene rings is 1. The lowest BCUT2D eigenvalue weighted by molar-refractivity contribution is 0.480. The number of nitrogens with one attached hydrogen (secondary N) is 1. The van der Waals surface area contributed by atoms with E-state index in [4.69, 9.17) is 11.6 Å². The third-order valence-corrected chi connectivity index (χ3v) is 3.27. The van der Waals surface area contributed by atoms with Crippen LogP contribution >= 0.6 is 11.6 Å². The van der Waals surface area contributed by atoms with Crippen LogP contribution in [0.25, 0.3) is 0 Å². The van der Waals surface area contributed by atoms with Gasteiger partial charge in [0.05, 0.1) is 0 Å². The zero-order valence-corrected chi connectivity index (χ0v) is 11.4. The zero-order valence-electron chi connectivity index (χ0n) is 10.6. The van der Waals surface area contributed by atoms with Gasteiger partial charge in [-0.15, -0.1) is 0 Å². The molecular formula is C14H21ClFN. The average Bonchev–Trinajstić information content (AvgIpc) is 2.32. The standard InChI is InChI=1S/C14H21ClFN/c1-3-4-5-6-13(17-2)10-11-9-12(15)7-8-14(11)16/h7-9,13,17H,3-6,10H2,1-2H3. The Morgan fingerprint density at radius 1 is 1.35 bits per heavy atom. The van der Waals surface area contributed by atoms with Gasteiger partial charge in [0.25, 0.3) is 0 Å². The molecule has 0 spiro atoms. The van der Waals surface area contributed by atoms with E-state index in [1.54, 1.807) is 12.1 Å². The second-order valence-electron chi connectivity index (χ2n) is 4.42. The van der Waals surface area contributed by atoms with Gasteiger partial charge >= 0.3 is 0 Å². The number of hydrogen-bond donors (Lipinski definition) is 1. The van der Waals surface area contributed by atoms with Crippen LogP contribution in [0.5, 0.6) is 0 Å². The van der Waals surface area contributed by atoms with Crippen LogP contribution < -0.4 is 5.32 Å². The lowest BCUT2D eigenvalue weighted by Gasteiger charge is -2.16. The van der Waals surface area contributed by atoms with Crippen molar-refractivity contribution in [2.45, 2.75) is 45.1 Å². The minimum absolute atomic E-state index is 0.162. The third-order valence-electron chi connectivity index (χ3n) is 3.04. The van der Waals surface area contributed by atoms with Gasteiger partial charge in [-0.1, -0.05) is 37.8 Å². The van der Waals surface area contributed by atoms with Crippen LogP contribution in [-0.4, -0.2) is 13.1 Å². The van der Waals surface area contributed by atoms with E-state index in [2.05, 4.69) is 12.2 Å². The van der Waals surface area contributed by atoms with E-state index in [1.165, 1.54) is 25.3 Å². The highest BCUT2D eigenvalue weighted by Crippen LogP contribution is 2.18. The summed E-state index contributed by atoms with van der Waals surface area (Å²) in [4.78, 5) is 0. The Balaban J connectivity index is 2.57. The Hall–Kier alpha value is -0.600. The molecule has 0 aromatic heterocycles. The molecule has 0 heterocycles. The quantitative estimate of drug-likeness (QED) is 0.723. The van der Waals surface area contributed by atoms with E-state index in [1.807, 2.05) is 7.05 Å². The maximum atomic E-state index is 13.6. The molecule has 0 saturated heterocycles. The summed E-state index contributed by atoms with van der Waals surface area (Å²) in [5.74, 6) is -0.162. The normalized spacial score (nSPS) is 12.7. The maximum Gasteiger partial charge on any atom is 0.126 e. The Morgan fingerprint density at radius 2 is 2.12 bits per heavy atom. The van der Waals surface area contributed by atoms with Gasteiger partial charge in [0, 0.05) is 11.1 Å². The summed E-state index contributed by atoms with van der Waals surface area (Å²) in [5, 5.41) is 3.85. The molecule has 1 rings (SSSR count). The van der Waals surface area contributed by atoms with Crippen molar-refractivity contribution in [3.05, 3.63) is 34.6 Å². The van der Waals surface area contributed by atoms with Crippen molar-refractivity contribution in [2.75, 3.05) is 7.05 Å². The molecule has 0 amide bonds. The Morgan fingerprint density at radius 3 is 2.76 bits per heavy atom. The number of halogens is 2. The smallest absolute Gasteiger partial charge is 0.126 e. The molecule has 3 heteroatoms. The van der Waals surface area contributed by atoms with Crippen LogP contribution in [0.3, 0.4) is 0 Å². The zero-order chi connectivity index (χ0) is 12.7. The van der Waals surface area contributed by atoms with Gasteiger partial charge in [-0.3, -0.25) is 0 Å². The highest BCUT2D eigenvalue weighted by Gasteiger charge is 2.10. The van der Waals surface area contributed by atoms with Gasteiger partial charge in [-0.25, -0.2) is 4.39 Å². The summed E-state index contributed by atoms with van der Waals surface area (Å²) in [6.45, 7) is 2.19. The largest absolute Gasteiger partial charge is 0.317 e. The molecule has 0 aliphatic rings. The van der Waals surface area contributed by atoms with Crippen LogP contribution in [0.1, 0.15) is 38.2 Å². The first-order valence-electron chi connectivity index (χ1n) is 6.28. The van der Waals surface area contributed by atoms with Crippen molar-refractivity contribution >= 4 is 11.6 Å². The van der Waals surface area contributed by atoms with Gasteiger partial charge in [-0.05, 0) is 43.7 Å². The fourth-order valence-electron chi connectivity index (χ4n) is 1.95. The molecular weight excluding hydrogens is 237 g/mol. The van der Waals surface area contributed by atoms with E-state index in [0.717, 1.165) is 6.42 Å². The predicted molar refractivity (Wildman–Crippen MR) is 72.1 cm³/mol. The topological polar surface area (TPSA) is 12.0 Å². The first-order chi connectivity index (χ1) is 8.17. The highest BCUT2D eigenvalue weighted by atomic mass is 35.5. The van der Waals surface area contributed by atoms with E-state index in [9.17, 15) is 4.39 Å². The molecule has 1 aromatic carbocycles. The summed E-state index contributed by atoms with van der Waals surface area (Å²) in [5.41, 5.74) is 0.702. The number of hydrogen-bond acceptors (Lipinski definition) is 1. The van der Waals surface area contributed by atoms with Gasteiger partial charge in [0.1, 0.15) is 5.82 Å². The van der Waals surface area contributed by atoms with Crippen LogP contribution in [0, 0.1) is 5.82 Å². The van der Waals surface area contributed by atoms with Crippen LogP contribution in [0.4, 0.5) is 4.39 Å². The molecule has 1 nitrogen and oxygen atoms in total. The minimum Gasteiger partial charge on any atom is -0.317 e. The molecule has 17 heavy (non-hydrogen) atoms. The second kappa shape index (κ2) is 7.67. The minimum atomic E-state index is -0.162. The van der Waals surface area contributed by atoms with Crippen molar-refractivity contribution in [1.29, 1.82) is 0 Å². The Bertz CT molecular complexity index is 341. The molecule has 0 aliphatic carbocycles. The van der Waals surface area contributed by atoms with E-state index >= 15 is 0 Å². The summed E-state index contributed by atoms with van der Waals surface area (Å²) in [6, 6.07) is 5.08. The van der Waals surface area contributed by atoms with Crippen molar-refractivity contribution in [3.63, 3.8) is 0 Å². The molecule has 1 aromatic rings. The lowest BCUT2D eigenvalue weighted by Crippen LogP contribution is -2.27. The Labute approximate surface area is 108 Å². The summed E-state index contributed by atoms with van der Waals surface area (Å²) in [6.07, 6.45) is 5.41. The molecule has 1 N–H and O–H groups in total. The van der Waals surface area contributed by atoms with Gasteiger partial charge in [-0.2, -0.15) is 0 Å². The van der Waals surface area contributed by atoms with Crippen LogP contribution in [-0.2, 0) is 6.42 Å². The van der Waals surface area contributed by atoms with Crippen LogP contribution in [0.15, 0.2) is 18.2 Å². The number of rotatable bonds is 7. The van der Waals surface area contributed by atoms with Crippen molar-refractivity contribution in [3.8, 4) is 0 Å². The molecule has 0 aliphatic heterocycles. The number of unbranched alkanes of at least 4 members (excludes halogenated alkanes) is 2. The molecule has 0 bridgehead atoms. The molecule has 1 unspecified atom stereocenters. The van der Waals surface area contributed by atoms with Crippen molar-refractivity contribution in [1.82, 2.24) is 5.32 Å². The van der Waals surface area contributed by atoms with Crippen molar-refractivity contribution < 1.29 is 4.39 Å². The monoisotopic (exact) mass is 257 g/mol. The SMILES string of the molecule is CCCCCC(Cc1cc(Cl)ccc1F)NC. The second-order valence-corrected chi connectivity index (χ2v) is 4.86. The van der Waals surface area contributed by atoms with E-state index in [-0.39, 0.29) is 5.82 Å². The van der Waals surface area contributed by atoms with Crippen molar-refractivity contribution in [2.24, 2.45) is 0 Å². The summed E-state index contributed by atoms with van der Waals surface area (Å²) in [7, 11) is 1.93. The van der Waals surface area contributed by atoms with Crippen LogP contribution in [0.2, 0.25) is 5.02 Å². The highest BCUT2D eigenvalue weighted by molar-refractivity contribution is 6.30. The third kappa shape index (κ3) is 5.05. The maximum absolute atomic E-state index is 13.6. The predicted octanol–water partition coefficient (Wildman–Crippen LogP) is 4.19. The number of likely N-dealkylation sites (N-methyl/N-ethyl adjacent to an activating group) is 1.